The van der Waals surface area contributed by atoms with Crippen molar-refractivity contribution in [2.24, 2.45) is 11.3 Å². The third kappa shape index (κ3) is 9.24. The minimum Gasteiger partial charge on any atom is -0.481 e. The van der Waals surface area contributed by atoms with Crippen molar-refractivity contribution in [3.05, 3.63) is 23.3 Å². The molecule has 5 rings (SSSR count). The van der Waals surface area contributed by atoms with E-state index in [1.54, 1.807) is 0 Å². The highest BCUT2D eigenvalue weighted by Crippen LogP contribution is 2.49. The van der Waals surface area contributed by atoms with Crippen molar-refractivity contribution in [1.82, 2.24) is 9.80 Å². The second kappa shape index (κ2) is 16.9. The van der Waals surface area contributed by atoms with Gasteiger partial charge in [0.15, 0.2) is 0 Å². The number of nitrogens with zero attached hydrogens (tertiary/aromatic N) is 2. The van der Waals surface area contributed by atoms with E-state index >= 15 is 0 Å². The number of allylic oxidation sites excluding steroid dienone is 2. The van der Waals surface area contributed by atoms with Crippen LogP contribution in [-0.4, -0.2) is 69.2 Å². The molecule has 2 N–H and O–H groups in total. The summed E-state index contributed by atoms with van der Waals surface area (Å²) in [6.07, 6.45) is 32.2. The first-order valence-corrected chi connectivity index (χ1v) is 19.2. The number of carboxylic acids is 2. The molecule has 0 bridgehead atoms. The van der Waals surface area contributed by atoms with Crippen LogP contribution in [0.25, 0.3) is 0 Å². The fourth-order valence-corrected chi connectivity index (χ4v) is 10.3. The second-order valence-electron chi connectivity index (χ2n) is 15.7. The lowest BCUT2D eigenvalue weighted by atomic mass is 9.62. The molecular weight excluding hydrogens is 560 g/mol. The van der Waals surface area contributed by atoms with E-state index in [1.165, 1.54) is 134 Å². The molecule has 0 radical (unpaired) electrons. The van der Waals surface area contributed by atoms with Crippen LogP contribution in [0.15, 0.2) is 23.3 Å². The van der Waals surface area contributed by atoms with E-state index in [0.29, 0.717) is 24.2 Å². The highest BCUT2D eigenvalue weighted by molar-refractivity contribution is 5.72. The van der Waals surface area contributed by atoms with Gasteiger partial charge in [-0.1, -0.05) is 102 Å². The number of hydrogen-bond donors (Lipinski definition) is 2. The fourth-order valence-electron chi connectivity index (χ4n) is 10.3. The molecule has 0 aromatic rings. The molecule has 6 heteroatoms. The van der Waals surface area contributed by atoms with Crippen molar-refractivity contribution in [2.45, 2.75) is 185 Å². The number of aliphatic carboxylic acids is 2. The average molecular weight is 625 g/mol. The first kappa shape index (κ1) is 34.7. The average Bonchev–Trinajstić information content (AvgIpc) is 3.05. The van der Waals surface area contributed by atoms with E-state index in [9.17, 15) is 19.8 Å². The van der Waals surface area contributed by atoms with Crippen molar-refractivity contribution in [2.75, 3.05) is 13.1 Å². The molecule has 0 spiro atoms. The number of rotatable bonds is 14. The van der Waals surface area contributed by atoms with Gasteiger partial charge in [0.1, 0.15) is 0 Å². The molecule has 4 fully saturated rings. The maximum absolute atomic E-state index is 12.3. The zero-order chi connectivity index (χ0) is 31.6. The summed E-state index contributed by atoms with van der Waals surface area (Å²) in [6, 6.07) is 2.56. The van der Waals surface area contributed by atoms with Crippen molar-refractivity contribution < 1.29 is 19.8 Å². The highest BCUT2D eigenvalue weighted by atomic mass is 16.4. The molecule has 45 heavy (non-hydrogen) atoms. The molecule has 0 aromatic carbocycles. The molecule has 4 saturated carbocycles. The van der Waals surface area contributed by atoms with Gasteiger partial charge in [0.2, 0.25) is 0 Å². The predicted octanol–water partition coefficient (Wildman–Crippen LogP) is 9.14. The standard InChI is InChI=1S/C39H64N2O4/c1-39(25-27-41(34-18-10-4-11-19-34)35-20-12-5-13-21-35)31(29-38(44)45)23-22-30(28-37(42)43)36(39)24-26-40(32-14-6-2-7-15-32)33-16-8-3-9-17-33/h22-23,31-35H,2-21,24-29H2,1H3,(H,42,43)(H,44,45). The Morgan fingerprint density at radius 2 is 1.09 bits per heavy atom. The largest absolute Gasteiger partial charge is 0.481 e. The summed E-state index contributed by atoms with van der Waals surface area (Å²) < 4.78 is 0. The van der Waals surface area contributed by atoms with Crippen molar-refractivity contribution >= 4 is 11.9 Å². The van der Waals surface area contributed by atoms with Crippen LogP contribution in [0, 0.1) is 11.3 Å². The first-order valence-electron chi connectivity index (χ1n) is 19.2. The summed E-state index contributed by atoms with van der Waals surface area (Å²) in [5, 5.41) is 20.1. The van der Waals surface area contributed by atoms with Crippen LogP contribution in [0.3, 0.4) is 0 Å². The maximum atomic E-state index is 12.3. The molecule has 6 nitrogen and oxygen atoms in total. The monoisotopic (exact) mass is 624 g/mol. The van der Waals surface area contributed by atoms with Crippen LogP contribution in [0.1, 0.15) is 161 Å². The molecule has 254 valence electrons. The summed E-state index contributed by atoms with van der Waals surface area (Å²) in [6.45, 7) is 4.29. The first-order chi connectivity index (χ1) is 21.8. The summed E-state index contributed by atoms with van der Waals surface area (Å²) in [4.78, 5) is 30.2. The lowest BCUT2D eigenvalue weighted by Crippen LogP contribution is -2.48. The molecule has 0 amide bonds. The Morgan fingerprint density at radius 1 is 0.667 bits per heavy atom. The van der Waals surface area contributed by atoms with Gasteiger partial charge in [0.05, 0.1) is 12.8 Å². The number of carbonyl (C=O) groups is 2. The van der Waals surface area contributed by atoms with E-state index < -0.39 is 11.9 Å². The third-order valence-electron chi connectivity index (χ3n) is 12.8. The minimum absolute atomic E-state index is 0.0308. The van der Waals surface area contributed by atoms with Crippen LogP contribution in [-0.2, 0) is 9.59 Å². The second-order valence-corrected chi connectivity index (χ2v) is 15.7. The molecule has 0 aliphatic heterocycles. The van der Waals surface area contributed by atoms with E-state index in [-0.39, 0.29) is 24.2 Å². The third-order valence-corrected chi connectivity index (χ3v) is 12.8. The van der Waals surface area contributed by atoms with Crippen molar-refractivity contribution in [1.29, 1.82) is 0 Å². The van der Waals surface area contributed by atoms with Crippen LogP contribution in [0.5, 0.6) is 0 Å². The topological polar surface area (TPSA) is 81.1 Å². The SMILES string of the molecule is CC1(CCN(C2CCCCC2)C2CCCCC2)C(CCN(C2CCCCC2)C2CCCCC2)=C(CC(=O)O)C=CC1CC(=O)O. The Hall–Kier alpha value is -1.66. The normalized spacial score (nSPS) is 28.3. The van der Waals surface area contributed by atoms with Gasteiger partial charge in [-0.15, -0.1) is 0 Å². The Labute approximate surface area is 274 Å². The van der Waals surface area contributed by atoms with Gasteiger partial charge in [-0.25, -0.2) is 0 Å². The van der Waals surface area contributed by atoms with Gasteiger partial charge in [0, 0.05) is 30.7 Å². The lowest BCUT2D eigenvalue weighted by molar-refractivity contribution is -0.139. The Balaban J connectivity index is 1.43. The Bertz CT molecular complexity index is 978. The summed E-state index contributed by atoms with van der Waals surface area (Å²) in [5.41, 5.74) is 1.84. The highest BCUT2D eigenvalue weighted by Gasteiger charge is 2.43. The van der Waals surface area contributed by atoms with Gasteiger partial charge in [-0.2, -0.15) is 0 Å². The molecule has 0 heterocycles. The molecular formula is C39H64N2O4. The van der Waals surface area contributed by atoms with E-state index in [4.69, 9.17) is 0 Å². The molecule has 5 aliphatic carbocycles. The summed E-state index contributed by atoms with van der Waals surface area (Å²) >= 11 is 0. The molecule has 2 unspecified atom stereocenters. The molecule has 0 aromatic heterocycles. The predicted molar refractivity (Wildman–Crippen MR) is 182 cm³/mol. The van der Waals surface area contributed by atoms with Gasteiger partial charge in [-0.3, -0.25) is 19.4 Å². The smallest absolute Gasteiger partial charge is 0.307 e. The van der Waals surface area contributed by atoms with Crippen LogP contribution < -0.4 is 0 Å². The molecule has 5 aliphatic rings. The van der Waals surface area contributed by atoms with Crippen LogP contribution in [0.2, 0.25) is 0 Å². The zero-order valence-electron chi connectivity index (χ0n) is 28.5. The molecule has 0 saturated heterocycles. The quantitative estimate of drug-likeness (QED) is 0.201. The van der Waals surface area contributed by atoms with Crippen LogP contribution in [0.4, 0.5) is 0 Å². The lowest BCUT2D eigenvalue weighted by Gasteiger charge is -2.47. The van der Waals surface area contributed by atoms with Crippen molar-refractivity contribution in [3.8, 4) is 0 Å². The van der Waals surface area contributed by atoms with Crippen molar-refractivity contribution in [3.63, 3.8) is 0 Å². The van der Waals surface area contributed by atoms with Crippen LogP contribution >= 0.6 is 0 Å². The van der Waals surface area contributed by atoms with Gasteiger partial charge in [0.25, 0.3) is 0 Å². The minimum atomic E-state index is -0.784. The van der Waals surface area contributed by atoms with Gasteiger partial charge < -0.3 is 10.2 Å². The summed E-state index contributed by atoms with van der Waals surface area (Å²) in [5.74, 6) is -1.65. The summed E-state index contributed by atoms with van der Waals surface area (Å²) in [7, 11) is 0. The maximum Gasteiger partial charge on any atom is 0.307 e. The number of carboxylic acid groups (broad SMARTS) is 2. The van der Waals surface area contributed by atoms with E-state index in [2.05, 4.69) is 22.8 Å². The Kier molecular flexibility index (Phi) is 13.1. The zero-order valence-corrected chi connectivity index (χ0v) is 28.5. The Morgan fingerprint density at radius 3 is 1.49 bits per heavy atom. The van der Waals surface area contributed by atoms with Gasteiger partial charge >= 0.3 is 11.9 Å². The van der Waals surface area contributed by atoms with E-state index in [0.717, 1.165) is 31.5 Å². The van der Waals surface area contributed by atoms with Gasteiger partial charge in [-0.05, 0) is 87.7 Å². The number of hydrogen-bond acceptors (Lipinski definition) is 4. The fraction of sp³-hybridized carbons (Fsp3) is 0.846. The molecule has 2 atom stereocenters. The van der Waals surface area contributed by atoms with E-state index in [1.807, 2.05) is 6.08 Å².